The molecule has 2 aromatic rings. The number of piperidine rings is 1. The molecule has 6 heteroatoms. The Morgan fingerprint density at radius 3 is 2.03 bits per heavy atom. The van der Waals surface area contributed by atoms with Crippen LogP contribution in [0.25, 0.3) is 0 Å². The highest BCUT2D eigenvalue weighted by molar-refractivity contribution is 5.50. The zero-order chi connectivity index (χ0) is 24.5. The second kappa shape index (κ2) is 10.3. The standard InChI is InChI=1S/C29H40N2O4/c1-6-18-17-31-10-8-20-14-27(33-3)29(35-5)16-23(20)25(31)12-21(18)11-24-22-15-28(34-4)26(32-2)13-19(22)7-9-30-24/h13-16,18,21,24-25,30H,6-12,17H2,1-5H3/t18-,21+,24-,25+/m0/s1. The van der Waals surface area contributed by atoms with Gasteiger partial charge in [-0.1, -0.05) is 13.3 Å². The fourth-order valence-corrected chi connectivity index (χ4v) is 6.74. The smallest absolute Gasteiger partial charge is 0.161 e. The number of nitrogens with one attached hydrogen (secondary N) is 1. The van der Waals surface area contributed by atoms with Gasteiger partial charge < -0.3 is 24.3 Å². The van der Waals surface area contributed by atoms with Crippen LogP contribution in [0.3, 0.4) is 0 Å². The number of methoxy groups -OCH3 is 4. The molecule has 1 fully saturated rings. The molecular weight excluding hydrogens is 440 g/mol. The molecule has 1 saturated heterocycles. The number of rotatable bonds is 7. The average Bonchev–Trinajstić information content (AvgIpc) is 2.91. The summed E-state index contributed by atoms with van der Waals surface area (Å²) >= 11 is 0. The van der Waals surface area contributed by atoms with Crippen LogP contribution in [0.5, 0.6) is 23.0 Å². The molecular formula is C29H40N2O4. The van der Waals surface area contributed by atoms with E-state index in [-0.39, 0.29) is 0 Å². The number of fused-ring (bicyclic) bond motifs is 4. The second-order valence-electron chi connectivity index (χ2n) is 10.2. The summed E-state index contributed by atoms with van der Waals surface area (Å²) in [5.41, 5.74) is 5.60. The molecule has 5 rings (SSSR count). The maximum Gasteiger partial charge on any atom is 0.161 e. The Kier molecular flexibility index (Phi) is 7.12. The van der Waals surface area contributed by atoms with Gasteiger partial charge in [0, 0.05) is 25.2 Å². The first-order valence-corrected chi connectivity index (χ1v) is 13.1. The normalized spacial score (nSPS) is 25.7. The van der Waals surface area contributed by atoms with E-state index >= 15 is 0 Å². The fourth-order valence-electron chi connectivity index (χ4n) is 6.74. The van der Waals surface area contributed by atoms with Crippen LogP contribution < -0.4 is 24.3 Å². The maximum atomic E-state index is 5.68. The molecule has 0 spiro atoms. The van der Waals surface area contributed by atoms with Crippen molar-refractivity contribution in [1.82, 2.24) is 10.2 Å². The van der Waals surface area contributed by atoms with Crippen LogP contribution >= 0.6 is 0 Å². The van der Waals surface area contributed by atoms with Gasteiger partial charge in [-0.25, -0.2) is 0 Å². The van der Waals surface area contributed by atoms with E-state index in [0.29, 0.717) is 23.9 Å². The lowest BCUT2D eigenvalue weighted by atomic mass is 9.72. The van der Waals surface area contributed by atoms with Crippen molar-refractivity contribution in [3.8, 4) is 23.0 Å². The summed E-state index contributed by atoms with van der Waals surface area (Å²) in [5, 5.41) is 3.83. The van der Waals surface area contributed by atoms with Gasteiger partial charge in [0.1, 0.15) is 0 Å². The third-order valence-electron chi connectivity index (χ3n) is 8.64. The lowest BCUT2D eigenvalue weighted by molar-refractivity contribution is 0.0434. The van der Waals surface area contributed by atoms with Gasteiger partial charge in [0.25, 0.3) is 0 Å². The summed E-state index contributed by atoms with van der Waals surface area (Å²) in [4.78, 5) is 2.72. The van der Waals surface area contributed by atoms with Crippen LogP contribution in [0.4, 0.5) is 0 Å². The van der Waals surface area contributed by atoms with E-state index in [2.05, 4.69) is 41.4 Å². The Morgan fingerprint density at radius 1 is 0.800 bits per heavy atom. The lowest BCUT2D eigenvalue weighted by Crippen LogP contribution is -2.46. The highest BCUT2D eigenvalue weighted by Crippen LogP contribution is 2.48. The molecule has 3 heterocycles. The van der Waals surface area contributed by atoms with Crippen molar-refractivity contribution in [1.29, 1.82) is 0 Å². The zero-order valence-corrected chi connectivity index (χ0v) is 21.9. The Hall–Kier alpha value is -2.44. The van der Waals surface area contributed by atoms with E-state index < -0.39 is 0 Å². The van der Waals surface area contributed by atoms with Crippen molar-refractivity contribution in [3.05, 3.63) is 46.5 Å². The minimum Gasteiger partial charge on any atom is -0.493 e. The molecule has 3 aliphatic heterocycles. The summed E-state index contributed by atoms with van der Waals surface area (Å²) in [5.74, 6) is 4.69. The van der Waals surface area contributed by atoms with E-state index in [1.165, 1.54) is 41.6 Å². The molecule has 2 aromatic carbocycles. The van der Waals surface area contributed by atoms with E-state index in [1.807, 2.05) is 0 Å². The molecule has 35 heavy (non-hydrogen) atoms. The van der Waals surface area contributed by atoms with Crippen LogP contribution in [0.15, 0.2) is 24.3 Å². The molecule has 0 unspecified atom stereocenters. The van der Waals surface area contributed by atoms with Gasteiger partial charge in [0.2, 0.25) is 0 Å². The van der Waals surface area contributed by atoms with Crippen molar-refractivity contribution in [2.45, 2.75) is 51.1 Å². The molecule has 1 N–H and O–H groups in total. The highest BCUT2D eigenvalue weighted by Gasteiger charge is 2.40. The molecule has 0 aliphatic carbocycles. The first-order chi connectivity index (χ1) is 17.1. The highest BCUT2D eigenvalue weighted by atomic mass is 16.5. The number of ether oxygens (including phenoxy) is 4. The lowest BCUT2D eigenvalue weighted by Gasteiger charge is -2.48. The summed E-state index contributed by atoms with van der Waals surface area (Å²) < 4.78 is 22.5. The third-order valence-corrected chi connectivity index (χ3v) is 8.64. The number of hydrogen-bond donors (Lipinski definition) is 1. The minimum absolute atomic E-state index is 0.345. The van der Waals surface area contributed by atoms with Gasteiger partial charge in [-0.15, -0.1) is 0 Å². The Bertz CT molecular complexity index is 1050. The first-order valence-electron chi connectivity index (χ1n) is 13.1. The third kappa shape index (κ3) is 4.47. The molecule has 3 aliphatic rings. The van der Waals surface area contributed by atoms with E-state index in [9.17, 15) is 0 Å². The molecule has 0 amide bonds. The van der Waals surface area contributed by atoms with Crippen molar-refractivity contribution in [2.75, 3.05) is 48.1 Å². The van der Waals surface area contributed by atoms with Crippen LogP contribution in [0, 0.1) is 11.8 Å². The fraction of sp³-hybridized carbons (Fsp3) is 0.586. The molecule has 190 valence electrons. The topological polar surface area (TPSA) is 52.2 Å². The van der Waals surface area contributed by atoms with Gasteiger partial charge in [0.15, 0.2) is 23.0 Å². The van der Waals surface area contributed by atoms with Gasteiger partial charge in [-0.2, -0.15) is 0 Å². The van der Waals surface area contributed by atoms with Crippen LogP contribution in [-0.4, -0.2) is 53.0 Å². The zero-order valence-electron chi connectivity index (χ0n) is 21.9. The van der Waals surface area contributed by atoms with Crippen molar-refractivity contribution in [2.24, 2.45) is 11.8 Å². The van der Waals surface area contributed by atoms with Gasteiger partial charge in [-0.3, -0.25) is 4.90 Å². The van der Waals surface area contributed by atoms with E-state index in [0.717, 1.165) is 55.4 Å². The molecule has 0 aromatic heterocycles. The predicted octanol–water partition coefficient (Wildman–Crippen LogP) is 4.94. The number of hydrogen-bond acceptors (Lipinski definition) is 6. The van der Waals surface area contributed by atoms with E-state index in [4.69, 9.17) is 18.9 Å². The minimum atomic E-state index is 0.345. The van der Waals surface area contributed by atoms with Gasteiger partial charge in [-0.05, 0) is 90.6 Å². The Morgan fingerprint density at radius 2 is 1.40 bits per heavy atom. The summed E-state index contributed by atoms with van der Waals surface area (Å²) in [6.07, 6.45) is 5.65. The van der Waals surface area contributed by atoms with Crippen molar-refractivity contribution < 1.29 is 18.9 Å². The molecule has 4 atom stereocenters. The van der Waals surface area contributed by atoms with E-state index in [1.54, 1.807) is 28.4 Å². The Balaban J connectivity index is 1.43. The number of benzene rings is 2. The predicted molar refractivity (Wildman–Crippen MR) is 138 cm³/mol. The van der Waals surface area contributed by atoms with Crippen molar-refractivity contribution in [3.63, 3.8) is 0 Å². The van der Waals surface area contributed by atoms with Crippen LogP contribution in [0.1, 0.15) is 60.5 Å². The Labute approximate surface area is 209 Å². The van der Waals surface area contributed by atoms with Gasteiger partial charge in [0.05, 0.1) is 28.4 Å². The molecule has 0 radical (unpaired) electrons. The molecule has 0 saturated carbocycles. The quantitative estimate of drug-likeness (QED) is 0.606. The molecule has 0 bridgehead atoms. The summed E-state index contributed by atoms with van der Waals surface area (Å²) in [7, 11) is 6.90. The number of nitrogens with zero attached hydrogens (tertiary/aromatic N) is 1. The second-order valence-corrected chi connectivity index (χ2v) is 10.2. The van der Waals surface area contributed by atoms with Crippen LogP contribution in [-0.2, 0) is 12.8 Å². The monoisotopic (exact) mass is 480 g/mol. The largest absolute Gasteiger partial charge is 0.493 e. The van der Waals surface area contributed by atoms with Crippen molar-refractivity contribution >= 4 is 0 Å². The SMILES string of the molecule is CC[C@H]1CN2CCc3cc(OC)c(OC)cc3[C@H]2C[C@H]1C[C@@H]1NCCc2cc(OC)c(OC)cc21. The average molecular weight is 481 g/mol. The first kappa shape index (κ1) is 24.3. The maximum absolute atomic E-state index is 5.68. The van der Waals surface area contributed by atoms with Gasteiger partial charge >= 0.3 is 0 Å². The van der Waals surface area contributed by atoms with Crippen LogP contribution in [0.2, 0.25) is 0 Å². The molecule has 6 nitrogen and oxygen atoms in total. The summed E-state index contributed by atoms with van der Waals surface area (Å²) in [6.45, 7) is 5.66. The summed E-state index contributed by atoms with van der Waals surface area (Å²) in [6, 6.07) is 9.61.